The molecule has 2 aliphatic heterocycles. The molecule has 2 heterocycles. The Kier molecular flexibility index (Phi) is 33.1. The molecule has 1 aromatic rings. The van der Waals surface area contributed by atoms with Crippen LogP contribution in [0.5, 0.6) is 0 Å². The van der Waals surface area contributed by atoms with Gasteiger partial charge in [0.25, 0.3) is 11.8 Å². The van der Waals surface area contributed by atoms with E-state index in [1.165, 1.54) is 11.0 Å². The first-order chi connectivity index (χ1) is 34.9. The molecule has 1 atom stereocenters. The lowest BCUT2D eigenvalue weighted by Crippen LogP contribution is -2.54. The van der Waals surface area contributed by atoms with Gasteiger partial charge in [0, 0.05) is 33.0 Å². The summed E-state index contributed by atoms with van der Waals surface area (Å²) in [5, 5.41) is 4.91. The number of hydrogen-bond acceptors (Lipinski definition) is 19. The van der Waals surface area contributed by atoms with Crippen LogP contribution in [-0.4, -0.2) is 229 Å². The molecule has 1 saturated heterocycles. The first-order valence-electron chi connectivity index (χ1n) is 24.9. The number of fused-ring (bicyclic) bond motifs is 1. The van der Waals surface area contributed by atoms with E-state index in [0.29, 0.717) is 172 Å². The first-order valence-corrected chi connectivity index (χ1v) is 24.9. The molecule has 0 saturated carbocycles. The smallest absolute Gasteiger partial charge is 0.410 e. The lowest BCUT2D eigenvalue weighted by atomic mass is 10.0. The van der Waals surface area contributed by atoms with Gasteiger partial charge in [0.05, 0.1) is 169 Å². The zero-order valence-corrected chi connectivity index (χ0v) is 42.9. The summed E-state index contributed by atoms with van der Waals surface area (Å²) in [6.45, 7) is 16.9. The van der Waals surface area contributed by atoms with E-state index in [0.717, 1.165) is 17.7 Å². The Hall–Kier alpha value is -4.24. The summed E-state index contributed by atoms with van der Waals surface area (Å²) < 4.78 is 71.4. The van der Waals surface area contributed by atoms with E-state index in [-0.39, 0.29) is 48.1 Å². The molecule has 1 fully saturated rings. The van der Waals surface area contributed by atoms with E-state index in [2.05, 4.69) is 10.6 Å². The Bertz CT molecular complexity index is 1720. The summed E-state index contributed by atoms with van der Waals surface area (Å²) in [6, 6.07) is 3.52. The van der Waals surface area contributed by atoms with Crippen LogP contribution in [0.1, 0.15) is 80.0 Å². The van der Waals surface area contributed by atoms with E-state index >= 15 is 0 Å². The van der Waals surface area contributed by atoms with Crippen molar-refractivity contribution in [1.29, 1.82) is 0 Å². The minimum atomic E-state index is -1.08. The van der Waals surface area contributed by atoms with E-state index in [1.807, 2.05) is 20.8 Å². The van der Waals surface area contributed by atoms with Crippen molar-refractivity contribution in [2.75, 3.05) is 177 Å². The van der Waals surface area contributed by atoms with E-state index < -0.39 is 35.3 Å². The molecule has 410 valence electrons. The van der Waals surface area contributed by atoms with Crippen molar-refractivity contribution in [2.45, 2.75) is 70.9 Å². The van der Waals surface area contributed by atoms with Crippen molar-refractivity contribution in [3.8, 4) is 0 Å². The standard InChI is InChI=1S/C49H80N4O19/c1-49(2,3)72-48(59)52(4)14-16-61-18-20-63-22-24-65-26-28-67-30-32-69-34-36-71-38-37-70-35-33-68-31-29-66-27-25-64-23-21-62-19-17-60-15-7-5-6-11-42(54)50-40-10-8-9-39-44(40)47(58)53(46(39)57)41-12-13-43(55)51-45(41)56/h8-10,41H,5-7,11-38H2,1-4H3,(H,50,54)(H,51,55,56). The number of hydrogen-bond donors (Lipinski definition) is 2. The van der Waals surface area contributed by atoms with Crippen molar-refractivity contribution in [1.82, 2.24) is 15.1 Å². The summed E-state index contributed by atoms with van der Waals surface area (Å²) in [4.78, 5) is 77.0. The van der Waals surface area contributed by atoms with Gasteiger partial charge in [0.2, 0.25) is 17.7 Å². The second-order valence-corrected chi connectivity index (χ2v) is 17.3. The number of nitrogens with zero attached hydrogens (tertiary/aromatic N) is 2. The molecule has 0 bridgehead atoms. The van der Waals surface area contributed by atoms with Gasteiger partial charge < -0.3 is 71.8 Å². The van der Waals surface area contributed by atoms with Crippen LogP contribution in [0.3, 0.4) is 0 Å². The van der Waals surface area contributed by atoms with Crippen molar-refractivity contribution in [3.05, 3.63) is 29.3 Å². The average Bonchev–Trinajstić information content (AvgIpc) is 3.59. The number of carbonyl (C=O) groups excluding carboxylic acids is 6. The van der Waals surface area contributed by atoms with Gasteiger partial charge >= 0.3 is 6.09 Å². The maximum Gasteiger partial charge on any atom is 0.410 e. The number of nitrogens with one attached hydrogen (secondary N) is 2. The molecule has 1 aromatic carbocycles. The fourth-order valence-corrected chi connectivity index (χ4v) is 6.65. The van der Waals surface area contributed by atoms with Gasteiger partial charge in [-0.3, -0.25) is 34.2 Å². The van der Waals surface area contributed by atoms with Gasteiger partial charge in [-0.2, -0.15) is 0 Å². The summed E-state index contributed by atoms with van der Waals surface area (Å²) in [5.41, 5.74) is -0.156. The molecule has 23 heteroatoms. The quantitative estimate of drug-likeness (QED) is 0.0704. The normalized spacial score (nSPS) is 14.8. The Morgan fingerprint density at radius 3 is 1.42 bits per heavy atom. The molecule has 3 rings (SSSR count). The van der Waals surface area contributed by atoms with Crippen LogP contribution in [0.4, 0.5) is 10.5 Å². The summed E-state index contributed by atoms with van der Waals surface area (Å²) in [7, 11) is 1.67. The second kappa shape index (κ2) is 38.4. The third-order valence-electron chi connectivity index (χ3n) is 10.3. The highest BCUT2D eigenvalue weighted by molar-refractivity contribution is 6.26. The number of unbranched alkanes of at least 4 members (excludes halogenated alkanes) is 2. The molecule has 6 amide bonds. The van der Waals surface area contributed by atoms with Gasteiger partial charge in [-0.05, 0) is 52.2 Å². The van der Waals surface area contributed by atoms with Crippen LogP contribution in [0.15, 0.2) is 18.2 Å². The van der Waals surface area contributed by atoms with E-state index in [1.54, 1.807) is 19.2 Å². The topological polar surface area (TPSA) is 253 Å². The van der Waals surface area contributed by atoms with Gasteiger partial charge in [-0.1, -0.05) is 12.5 Å². The molecule has 23 nitrogen and oxygen atoms in total. The molecule has 0 spiro atoms. The highest BCUT2D eigenvalue weighted by atomic mass is 16.6. The monoisotopic (exact) mass is 1030 g/mol. The van der Waals surface area contributed by atoms with Gasteiger partial charge in [0.1, 0.15) is 11.6 Å². The lowest BCUT2D eigenvalue weighted by molar-refractivity contribution is -0.136. The molecule has 2 N–H and O–H groups in total. The number of anilines is 1. The fourth-order valence-electron chi connectivity index (χ4n) is 6.65. The maximum absolute atomic E-state index is 13.2. The predicted octanol–water partition coefficient (Wildman–Crippen LogP) is 2.65. The number of ether oxygens (including phenoxy) is 13. The van der Waals surface area contributed by atoms with Crippen LogP contribution in [0.25, 0.3) is 0 Å². The van der Waals surface area contributed by atoms with Crippen LogP contribution < -0.4 is 10.6 Å². The Morgan fingerprint density at radius 2 is 1.00 bits per heavy atom. The third kappa shape index (κ3) is 27.7. The lowest BCUT2D eigenvalue weighted by Gasteiger charge is -2.27. The SMILES string of the molecule is CN(CCOCCOCCOCCOCCOCCOCCOCCOCCOCCOCCOCCOCCCCCC(=O)Nc1cccc2c1C(=O)N(C1CCC(=O)NC1=O)C2=O)C(=O)OC(C)(C)C. The maximum atomic E-state index is 13.2. The number of imide groups is 2. The molecule has 0 aliphatic carbocycles. The van der Waals surface area contributed by atoms with Crippen LogP contribution >= 0.6 is 0 Å². The second-order valence-electron chi connectivity index (χ2n) is 17.3. The van der Waals surface area contributed by atoms with Gasteiger partial charge in [-0.25, -0.2) is 4.79 Å². The molecule has 1 unspecified atom stereocenters. The number of amides is 6. The number of likely N-dealkylation sites (N-methyl/N-ethyl adjacent to an activating group) is 1. The molecule has 72 heavy (non-hydrogen) atoms. The van der Waals surface area contributed by atoms with E-state index in [9.17, 15) is 28.8 Å². The Balaban J connectivity index is 0.951. The predicted molar refractivity (Wildman–Crippen MR) is 259 cm³/mol. The number of carbonyl (C=O) groups is 6. The average molecular weight is 1030 g/mol. The van der Waals surface area contributed by atoms with Crippen LogP contribution in [-0.2, 0) is 76.0 Å². The third-order valence-corrected chi connectivity index (χ3v) is 10.3. The fraction of sp³-hybridized carbons (Fsp3) is 0.755. The molecular formula is C49H80N4O19. The minimum Gasteiger partial charge on any atom is -0.444 e. The molecular weight excluding hydrogens is 949 g/mol. The highest BCUT2D eigenvalue weighted by Gasteiger charge is 2.45. The zero-order chi connectivity index (χ0) is 52.1. The van der Waals surface area contributed by atoms with Crippen molar-refractivity contribution < 1.29 is 90.3 Å². The Labute approximate surface area is 423 Å². The van der Waals surface area contributed by atoms with E-state index in [4.69, 9.17) is 61.6 Å². The number of piperidine rings is 1. The summed E-state index contributed by atoms with van der Waals surface area (Å²) in [6.07, 6.45) is 2.04. The molecule has 0 radical (unpaired) electrons. The first kappa shape index (κ1) is 62.1. The number of rotatable bonds is 44. The van der Waals surface area contributed by atoms with Crippen LogP contribution in [0.2, 0.25) is 0 Å². The molecule has 0 aromatic heterocycles. The highest BCUT2D eigenvalue weighted by Crippen LogP contribution is 2.32. The zero-order valence-electron chi connectivity index (χ0n) is 42.9. The van der Waals surface area contributed by atoms with Crippen LogP contribution in [0, 0.1) is 0 Å². The largest absolute Gasteiger partial charge is 0.444 e. The van der Waals surface area contributed by atoms with Gasteiger partial charge in [-0.15, -0.1) is 0 Å². The van der Waals surface area contributed by atoms with Gasteiger partial charge in [0.15, 0.2) is 0 Å². The molecule has 2 aliphatic rings. The van der Waals surface area contributed by atoms with Crippen molar-refractivity contribution >= 4 is 41.3 Å². The minimum absolute atomic E-state index is 0.0237. The van der Waals surface area contributed by atoms with Crippen molar-refractivity contribution in [3.63, 3.8) is 0 Å². The number of benzene rings is 1. The summed E-state index contributed by atoms with van der Waals surface area (Å²) in [5.74, 6) is -2.74. The van der Waals surface area contributed by atoms with Crippen molar-refractivity contribution in [2.24, 2.45) is 0 Å². The Morgan fingerprint density at radius 1 is 0.583 bits per heavy atom. The summed E-state index contributed by atoms with van der Waals surface area (Å²) >= 11 is 0.